The van der Waals surface area contributed by atoms with Crippen LogP contribution in [0.4, 0.5) is 0 Å². The summed E-state index contributed by atoms with van der Waals surface area (Å²) in [5.41, 5.74) is 0. The molecule has 1 heterocycles. The Kier molecular flexibility index (Phi) is 12.4. The van der Waals surface area contributed by atoms with Gasteiger partial charge in [-0.3, -0.25) is 4.79 Å². The van der Waals surface area contributed by atoms with Crippen LogP contribution in [0, 0.1) is 0 Å². The van der Waals surface area contributed by atoms with Crippen molar-refractivity contribution in [2.75, 3.05) is 0 Å². The van der Waals surface area contributed by atoms with E-state index in [4.69, 9.17) is 9.84 Å². The van der Waals surface area contributed by atoms with Crippen molar-refractivity contribution >= 4 is 5.97 Å². The molecule has 5 atom stereocenters. The fourth-order valence-corrected chi connectivity index (χ4v) is 2.84. The summed E-state index contributed by atoms with van der Waals surface area (Å²) in [7, 11) is 0. The van der Waals surface area contributed by atoms with Gasteiger partial charge in [0.2, 0.25) is 0 Å². The first-order valence-corrected chi connectivity index (χ1v) is 9.98. The van der Waals surface area contributed by atoms with Gasteiger partial charge in [-0.25, -0.2) is 0 Å². The summed E-state index contributed by atoms with van der Waals surface area (Å²) in [4.78, 5) is 10.4. The molecule has 1 rings (SSSR count). The monoisotopic (exact) mass is 394 g/mol. The number of hydrogen-bond donors (Lipinski definition) is 4. The van der Waals surface area contributed by atoms with Gasteiger partial charge in [-0.15, -0.1) is 0 Å². The SMILES string of the molecule is CC/C=C\C[C@H](O)/C=C/[C@@H]1O[C@@H]([C@@H](O)C/C=C\C/C=C\CCC(=O)O)C[C@@H]1O. The number of allylic oxidation sites excluding steroid dienone is 4. The lowest BCUT2D eigenvalue weighted by Gasteiger charge is -2.16. The number of hydrogen-bond acceptors (Lipinski definition) is 5. The van der Waals surface area contributed by atoms with Crippen molar-refractivity contribution < 1.29 is 30.0 Å². The van der Waals surface area contributed by atoms with E-state index in [1.165, 1.54) is 0 Å². The summed E-state index contributed by atoms with van der Waals surface area (Å²) in [6, 6.07) is 0. The molecule has 0 unspecified atom stereocenters. The van der Waals surface area contributed by atoms with Crippen molar-refractivity contribution in [3.8, 4) is 0 Å². The minimum Gasteiger partial charge on any atom is -0.481 e. The van der Waals surface area contributed by atoms with Crippen molar-refractivity contribution in [2.24, 2.45) is 0 Å². The second-order valence-corrected chi connectivity index (χ2v) is 6.92. The molecule has 0 radical (unpaired) electrons. The third-order valence-electron chi connectivity index (χ3n) is 4.42. The molecule has 0 aliphatic carbocycles. The molecule has 1 fully saturated rings. The van der Waals surface area contributed by atoms with Gasteiger partial charge < -0.3 is 25.2 Å². The van der Waals surface area contributed by atoms with Gasteiger partial charge in [0.15, 0.2) is 0 Å². The molecular formula is C22H34O6. The quantitative estimate of drug-likeness (QED) is 0.358. The van der Waals surface area contributed by atoms with E-state index in [-0.39, 0.29) is 6.42 Å². The van der Waals surface area contributed by atoms with E-state index in [9.17, 15) is 20.1 Å². The van der Waals surface area contributed by atoms with Crippen LogP contribution in [0.15, 0.2) is 48.6 Å². The fraction of sp³-hybridized carbons (Fsp3) is 0.591. The van der Waals surface area contributed by atoms with E-state index >= 15 is 0 Å². The van der Waals surface area contributed by atoms with Crippen LogP contribution in [0.3, 0.4) is 0 Å². The van der Waals surface area contributed by atoms with Crippen molar-refractivity contribution in [3.05, 3.63) is 48.6 Å². The highest BCUT2D eigenvalue weighted by Crippen LogP contribution is 2.25. The Hall–Kier alpha value is -1.73. The zero-order valence-corrected chi connectivity index (χ0v) is 16.6. The maximum absolute atomic E-state index is 10.4. The van der Waals surface area contributed by atoms with E-state index in [1.807, 2.05) is 43.4 Å². The van der Waals surface area contributed by atoms with Gasteiger partial charge in [-0.1, -0.05) is 55.5 Å². The molecule has 0 aromatic rings. The summed E-state index contributed by atoms with van der Waals surface area (Å²) in [5.74, 6) is -0.807. The van der Waals surface area contributed by atoms with Crippen LogP contribution in [0.1, 0.15) is 51.9 Å². The van der Waals surface area contributed by atoms with Crippen molar-refractivity contribution in [2.45, 2.75) is 82.4 Å². The van der Waals surface area contributed by atoms with Crippen LogP contribution in [-0.4, -0.2) is 56.9 Å². The van der Waals surface area contributed by atoms with Crippen LogP contribution in [0.5, 0.6) is 0 Å². The topological polar surface area (TPSA) is 107 Å². The van der Waals surface area contributed by atoms with Gasteiger partial charge in [0.05, 0.1) is 24.4 Å². The Balaban J connectivity index is 2.31. The molecular weight excluding hydrogens is 360 g/mol. The van der Waals surface area contributed by atoms with E-state index in [0.717, 1.165) is 6.42 Å². The summed E-state index contributed by atoms with van der Waals surface area (Å²) in [6.45, 7) is 2.03. The Morgan fingerprint density at radius 3 is 2.54 bits per heavy atom. The molecule has 28 heavy (non-hydrogen) atoms. The van der Waals surface area contributed by atoms with E-state index in [0.29, 0.717) is 32.1 Å². The standard InChI is InChI=1S/C22H34O6/c1-2-3-8-11-17(23)14-15-20-19(25)16-21(28-20)18(24)12-9-6-4-5-7-10-13-22(26)27/h3,5-9,14-15,17-21,23-25H,2,4,10-13,16H2,1H3,(H,26,27)/b7-5-,8-3-,9-6-,15-14+/t17-,18-,19-,20-,21+/m0/s1. The van der Waals surface area contributed by atoms with Crippen LogP contribution < -0.4 is 0 Å². The van der Waals surface area contributed by atoms with Crippen LogP contribution >= 0.6 is 0 Å². The van der Waals surface area contributed by atoms with E-state index in [2.05, 4.69) is 0 Å². The molecule has 4 N–H and O–H groups in total. The molecule has 0 saturated carbocycles. The smallest absolute Gasteiger partial charge is 0.303 e. The third kappa shape index (κ3) is 10.6. The largest absolute Gasteiger partial charge is 0.481 e. The normalized spacial score (nSPS) is 25.5. The first-order valence-electron chi connectivity index (χ1n) is 9.98. The molecule has 1 aliphatic rings. The van der Waals surface area contributed by atoms with Crippen LogP contribution in [0.25, 0.3) is 0 Å². The van der Waals surface area contributed by atoms with Crippen LogP contribution in [0.2, 0.25) is 0 Å². The van der Waals surface area contributed by atoms with Crippen LogP contribution in [-0.2, 0) is 9.53 Å². The maximum Gasteiger partial charge on any atom is 0.303 e. The second-order valence-electron chi connectivity index (χ2n) is 6.92. The zero-order valence-electron chi connectivity index (χ0n) is 16.6. The third-order valence-corrected chi connectivity index (χ3v) is 4.42. The van der Waals surface area contributed by atoms with Gasteiger partial charge in [0.25, 0.3) is 0 Å². The molecule has 0 amide bonds. The van der Waals surface area contributed by atoms with E-state index in [1.54, 1.807) is 12.2 Å². The Bertz CT molecular complexity index is 551. The van der Waals surface area contributed by atoms with Gasteiger partial charge in [0.1, 0.15) is 6.10 Å². The number of rotatable bonds is 13. The number of carbonyl (C=O) groups is 1. The minimum atomic E-state index is -0.807. The Morgan fingerprint density at radius 1 is 1.11 bits per heavy atom. The number of aliphatic carboxylic acids is 1. The fourth-order valence-electron chi connectivity index (χ4n) is 2.84. The average Bonchev–Trinajstić information content (AvgIpc) is 3.03. The maximum atomic E-state index is 10.4. The molecule has 158 valence electrons. The minimum absolute atomic E-state index is 0.127. The molecule has 6 nitrogen and oxygen atoms in total. The highest BCUT2D eigenvalue weighted by atomic mass is 16.5. The van der Waals surface area contributed by atoms with Gasteiger partial charge in [-0.2, -0.15) is 0 Å². The number of carboxylic acid groups (broad SMARTS) is 1. The Labute approximate surface area is 167 Å². The summed E-state index contributed by atoms with van der Waals surface area (Å²) < 4.78 is 5.72. The highest BCUT2D eigenvalue weighted by molar-refractivity contribution is 5.66. The van der Waals surface area contributed by atoms with Crippen molar-refractivity contribution in [1.29, 1.82) is 0 Å². The van der Waals surface area contributed by atoms with Crippen molar-refractivity contribution in [1.82, 2.24) is 0 Å². The lowest BCUT2D eigenvalue weighted by Crippen LogP contribution is -2.25. The molecule has 0 bridgehead atoms. The highest BCUT2D eigenvalue weighted by Gasteiger charge is 2.35. The lowest BCUT2D eigenvalue weighted by atomic mass is 10.0. The molecule has 0 aromatic carbocycles. The summed E-state index contributed by atoms with van der Waals surface area (Å²) in [6.07, 6.45) is 15.2. The molecule has 0 spiro atoms. The predicted molar refractivity (Wildman–Crippen MR) is 109 cm³/mol. The number of ether oxygens (including phenoxy) is 1. The lowest BCUT2D eigenvalue weighted by molar-refractivity contribution is -0.136. The summed E-state index contributed by atoms with van der Waals surface area (Å²) >= 11 is 0. The average molecular weight is 395 g/mol. The van der Waals surface area contributed by atoms with Crippen molar-refractivity contribution in [3.63, 3.8) is 0 Å². The molecule has 6 heteroatoms. The summed E-state index contributed by atoms with van der Waals surface area (Å²) in [5, 5.41) is 38.8. The number of aliphatic hydroxyl groups is 3. The van der Waals surface area contributed by atoms with Gasteiger partial charge in [-0.05, 0) is 32.1 Å². The molecule has 1 saturated heterocycles. The molecule has 0 aromatic heterocycles. The number of carboxylic acids is 1. The zero-order chi connectivity index (χ0) is 20.8. The Morgan fingerprint density at radius 2 is 1.82 bits per heavy atom. The van der Waals surface area contributed by atoms with Gasteiger partial charge >= 0.3 is 5.97 Å². The first kappa shape index (κ1) is 24.3. The second kappa shape index (κ2) is 14.3. The van der Waals surface area contributed by atoms with E-state index < -0.39 is 36.5 Å². The van der Waals surface area contributed by atoms with Gasteiger partial charge in [0, 0.05) is 12.8 Å². The number of aliphatic hydroxyl groups excluding tert-OH is 3. The molecule has 1 aliphatic heterocycles. The predicted octanol–water partition coefficient (Wildman–Crippen LogP) is 2.90. The first-order chi connectivity index (χ1) is 13.4.